The average molecular weight is 332 g/mol. The number of carbonyl (C=O) groups is 1. The van der Waals surface area contributed by atoms with Gasteiger partial charge in [0.1, 0.15) is 17.4 Å². The normalized spacial score (nSPS) is 17.2. The fourth-order valence-electron chi connectivity index (χ4n) is 2.43. The van der Waals surface area contributed by atoms with E-state index >= 15 is 0 Å². The minimum absolute atomic E-state index is 0.0809. The number of aromatic nitrogens is 1. The van der Waals surface area contributed by atoms with Crippen molar-refractivity contribution in [3.8, 4) is 5.75 Å². The maximum absolute atomic E-state index is 12.1. The van der Waals surface area contributed by atoms with Crippen LogP contribution in [0.3, 0.4) is 0 Å². The van der Waals surface area contributed by atoms with Crippen molar-refractivity contribution in [2.24, 2.45) is 0 Å². The van der Waals surface area contributed by atoms with E-state index in [4.69, 9.17) is 9.47 Å². The first-order valence-corrected chi connectivity index (χ1v) is 8.62. The summed E-state index contributed by atoms with van der Waals surface area (Å²) in [4.78, 5) is 16.4. The number of rotatable bonds is 6. The molecular formula is C17H20N2O3S. The fourth-order valence-corrected chi connectivity index (χ4v) is 3.11. The molecule has 0 saturated carbocycles. The van der Waals surface area contributed by atoms with Gasteiger partial charge in [-0.25, -0.2) is 4.98 Å². The highest BCUT2D eigenvalue weighted by molar-refractivity contribution is 7.09. The van der Waals surface area contributed by atoms with E-state index in [0.717, 1.165) is 35.9 Å². The molecule has 1 fully saturated rings. The van der Waals surface area contributed by atoms with Crippen LogP contribution < -0.4 is 10.1 Å². The van der Waals surface area contributed by atoms with Crippen LogP contribution in [0.25, 0.3) is 0 Å². The first-order valence-electron chi connectivity index (χ1n) is 7.74. The molecule has 2 aromatic rings. The summed E-state index contributed by atoms with van der Waals surface area (Å²) in [7, 11) is 0. The van der Waals surface area contributed by atoms with Crippen LogP contribution in [-0.4, -0.2) is 30.1 Å². The lowest BCUT2D eigenvalue weighted by molar-refractivity contribution is 0.0857. The van der Waals surface area contributed by atoms with Crippen LogP contribution >= 0.6 is 11.3 Å². The molecule has 1 atom stereocenters. The van der Waals surface area contributed by atoms with Gasteiger partial charge in [0.05, 0.1) is 6.10 Å². The summed E-state index contributed by atoms with van der Waals surface area (Å²) in [6.07, 6.45) is 2.25. The van der Waals surface area contributed by atoms with Gasteiger partial charge < -0.3 is 14.8 Å². The smallest absolute Gasteiger partial charge is 0.251 e. The molecule has 0 bridgehead atoms. The van der Waals surface area contributed by atoms with Crippen LogP contribution in [0.1, 0.15) is 33.9 Å². The predicted octanol–water partition coefficient (Wildman–Crippen LogP) is 2.94. The van der Waals surface area contributed by atoms with Gasteiger partial charge in [0, 0.05) is 29.8 Å². The molecule has 5 nitrogen and oxygen atoms in total. The minimum Gasteiger partial charge on any atom is -0.486 e. The number of nitrogens with one attached hydrogen (secondary N) is 1. The van der Waals surface area contributed by atoms with Crippen LogP contribution in [0.2, 0.25) is 0 Å². The van der Waals surface area contributed by atoms with Gasteiger partial charge in [-0.2, -0.15) is 0 Å². The van der Waals surface area contributed by atoms with E-state index in [1.807, 2.05) is 12.3 Å². The number of benzene rings is 1. The predicted molar refractivity (Wildman–Crippen MR) is 88.9 cm³/mol. The molecule has 0 spiro atoms. The number of carbonyl (C=O) groups excluding carboxylic acids is 1. The van der Waals surface area contributed by atoms with Crippen LogP contribution in [0.5, 0.6) is 5.75 Å². The van der Waals surface area contributed by atoms with Crippen LogP contribution in [0, 0.1) is 6.92 Å². The molecule has 1 aromatic carbocycles. The second kappa shape index (κ2) is 7.57. The number of ether oxygens (including phenoxy) is 2. The molecule has 0 aliphatic carbocycles. The van der Waals surface area contributed by atoms with Crippen molar-refractivity contribution < 1.29 is 14.3 Å². The zero-order chi connectivity index (χ0) is 16.1. The van der Waals surface area contributed by atoms with Crippen LogP contribution in [0.4, 0.5) is 0 Å². The summed E-state index contributed by atoms with van der Waals surface area (Å²) in [6.45, 7) is 3.78. The molecule has 23 heavy (non-hydrogen) atoms. The monoisotopic (exact) mass is 332 g/mol. The Balaban J connectivity index is 1.48. The third-order valence-electron chi connectivity index (χ3n) is 3.66. The van der Waals surface area contributed by atoms with E-state index in [1.54, 1.807) is 35.6 Å². The zero-order valence-electron chi connectivity index (χ0n) is 13.1. The summed E-state index contributed by atoms with van der Waals surface area (Å²) in [5.41, 5.74) is 1.63. The van der Waals surface area contributed by atoms with E-state index in [9.17, 15) is 4.79 Å². The number of hydrogen-bond donors (Lipinski definition) is 1. The molecule has 1 aliphatic heterocycles. The molecule has 1 aromatic heterocycles. The molecule has 0 radical (unpaired) electrons. The highest BCUT2D eigenvalue weighted by Gasteiger charge is 2.16. The average Bonchev–Trinajstić information content (AvgIpc) is 3.22. The fraction of sp³-hybridized carbons (Fsp3) is 0.412. The Kier molecular flexibility index (Phi) is 5.25. The number of aryl methyl sites for hydroxylation is 1. The van der Waals surface area contributed by atoms with Gasteiger partial charge in [-0.3, -0.25) is 4.79 Å². The maximum atomic E-state index is 12.1. The zero-order valence-corrected chi connectivity index (χ0v) is 13.9. The first-order chi connectivity index (χ1) is 11.2. The molecule has 1 saturated heterocycles. The van der Waals surface area contributed by atoms with Crippen LogP contribution in [-0.2, 0) is 11.3 Å². The lowest BCUT2D eigenvalue weighted by atomic mass is 10.2. The number of amides is 1. The first kappa shape index (κ1) is 16.0. The number of thiazole rings is 1. The van der Waals surface area contributed by atoms with E-state index in [-0.39, 0.29) is 12.0 Å². The van der Waals surface area contributed by atoms with E-state index in [2.05, 4.69) is 10.3 Å². The molecule has 1 unspecified atom stereocenters. The largest absolute Gasteiger partial charge is 0.486 e. The van der Waals surface area contributed by atoms with Gasteiger partial charge >= 0.3 is 0 Å². The number of hydrogen-bond acceptors (Lipinski definition) is 5. The van der Waals surface area contributed by atoms with Crippen molar-refractivity contribution in [1.82, 2.24) is 10.3 Å². The highest BCUT2D eigenvalue weighted by atomic mass is 32.1. The van der Waals surface area contributed by atoms with Crippen molar-refractivity contribution in [2.45, 2.75) is 32.5 Å². The molecular weight excluding hydrogens is 312 g/mol. The highest BCUT2D eigenvalue weighted by Crippen LogP contribution is 2.16. The second-order valence-electron chi connectivity index (χ2n) is 5.54. The van der Waals surface area contributed by atoms with Crippen molar-refractivity contribution in [3.05, 3.63) is 45.9 Å². The lowest BCUT2D eigenvalue weighted by Gasteiger charge is -2.11. The van der Waals surface area contributed by atoms with Gasteiger partial charge in [0.25, 0.3) is 5.91 Å². The summed E-state index contributed by atoms with van der Waals surface area (Å²) in [5.74, 6) is 0.649. The van der Waals surface area contributed by atoms with Crippen LogP contribution in [0.15, 0.2) is 29.6 Å². The van der Waals surface area contributed by atoms with Crippen molar-refractivity contribution >= 4 is 17.2 Å². The third-order valence-corrected chi connectivity index (χ3v) is 4.60. The Hall–Kier alpha value is -1.92. The maximum Gasteiger partial charge on any atom is 0.251 e. The van der Waals surface area contributed by atoms with Crippen molar-refractivity contribution in [1.29, 1.82) is 0 Å². The summed E-state index contributed by atoms with van der Waals surface area (Å²) >= 11 is 1.58. The van der Waals surface area contributed by atoms with Gasteiger partial charge in [0.2, 0.25) is 0 Å². The van der Waals surface area contributed by atoms with Crippen molar-refractivity contribution in [2.75, 3.05) is 13.2 Å². The minimum atomic E-state index is -0.0809. The van der Waals surface area contributed by atoms with E-state index in [0.29, 0.717) is 18.7 Å². The quantitative estimate of drug-likeness (QED) is 0.883. The SMILES string of the molecule is Cc1csc(COc2ccc(C(=O)NCC3CCCO3)cc2)n1. The molecule has 122 valence electrons. The summed E-state index contributed by atoms with van der Waals surface area (Å²) in [5, 5.41) is 5.85. The van der Waals surface area contributed by atoms with Gasteiger partial charge in [-0.05, 0) is 44.0 Å². The second-order valence-corrected chi connectivity index (χ2v) is 6.48. The topological polar surface area (TPSA) is 60.5 Å². The third kappa shape index (κ3) is 4.53. The Morgan fingerprint density at radius 2 is 2.26 bits per heavy atom. The van der Waals surface area contributed by atoms with E-state index in [1.165, 1.54) is 0 Å². The summed E-state index contributed by atoms with van der Waals surface area (Å²) in [6, 6.07) is 7.16. The van der Waals surface area contributed by atoms with E-state index < -0.39 is 0 Å². The Labute approximate surface area is 139 Å². The standard InChI is InChI=1S/C17H20N2O3S/c1-12-11-23-16(19-12)10-22-14-6-4-13(5-7-14)17(20)18-9-15-3-2-8-21-15/h4-7,11,15H,2-3,8-10H2,1H3,(H,18,20). The molecule has 3 rings (SSSR count). The molecule has 2 heterocycles. The van der Waals surface area contributed by atoms with Crippen molar-refractivity contribution in [3.63, 3.8) is 0 Å². The molecule has 1 N–H and O–H groups in total. The Bertz CT molecular complexity index is 648. The summed E-state index contributed by atoms with van der Waals surface area (Å²) < 4.78 is 11.2. The molecule has 1 aliphatic rings. The molecule has 1 amide bonds. The number of nitrogens with zero attached hydrogens (tertiary/aromatic N) is 1. The lowest BCUT2D eigenvalue weighted by Crippen LogP contribution is -2.31. The Morgan fingerprint density at radius 3 is 2.91 bits per heavy atom. The van der Waals surface area contributed by atoms with Gasteiger partial charge in [-0.1, -0.05) is 0 Å². The van der Waals surface area contributed by atoms with Gasteiger partial charge in [-0.15, -0.1) is 11.3 Å². The molecule has 6 heteroatoms. The Morgan fingerprint density at radius 1 is 1.43 bits per heavy atom. The van der Waals surface area contributed by atoms with Gasteiger partial charge in [0.15, 0.2) is 0 Å².